The highest BCUT2D eigenvalue weighted by atomic mass is 32.2. The number of carbonyl (C=O) groups excluding carboxylic acids is 2. The molecule has 0 spiro atoms. The van der Waals surface area contributed by atoms with Crippen LogP contribution in [0.4, 0.5) is 10.5 Å². The highest BCUT2D eigenvalue weighted by Gasteiger charge is 2.35. The molecule has 28 heavy (non-hydrogen) atoms. The number of phenolic OH excluding ortho intramolecular Hbond substituents is 1. The second kappa shape index (κ2) is 7.73. The molecule has 0 atom stereocenters. The maximum absolute atomic E-state index is 12.7. The van der Waals surface area contributed by atoms with E-state index in [1.165, 1.54) is 19.3 Å². The Labute approximate surface area is 164 Å². The van der Waals surface area contributed by atoms with Gasteiger partial charge in [-0.3, -0.25) is 24.6 Å². The van der Waals surface area contributed by atoms with Crippen molar-refractivity contribution in [3.05, 3.63) is 68.1 Å². The number of thioether (sulfide) groups is 1. The van der Waals surface area contributed by atoms with Crippen LogP contribution in [0, 0.1) is 17.0 Å². The quantitative estimate of drug-likeness (QED) is 0.461. The lowest BCUT2D eigenvalue weighted by molar-refractivity contribution is -0.386. The normalized spacial score (nSPS) is 15.4. The van der Waals surface area contributed by atoms with Crippen molar-refractivity contribution in [1.82, 2.24) is 4.90 Å². The Bertz CT molecular complexity index is 1020. The van der Waals surface area contributed by atoms with Crippen LogP contribution in [0.25, 0.3) is 6.08 Å². The van der Waals surface area contributed by atoms with E-state index in [0.717, 1.165) is 33.9 Å². The number of amides is 2. The van der Waals surface area contributed by atoms with Crippen LogP contribution in [-0.2, 0) is 11.3 Å². The Morgan fingerprint density at radius 2 is 2.04 bits per heavy atom. The van der Waals surface area contributed by atoms with E-state index in [2.05, 4.69) is 0 Å². The van der Waals surface area contributed by atoms with Crippen LogP contribution in [-0.4, -0.2) is 33.2 Å². The summed E-state index contributed by atoms with van der Waals surface area (Å²) >= 11 is 0.757. The van der Waals surface area contributed by atoms with Crippen molar-refractivity contribution in [2.24, 2.45) is 0 Å². The summed E-state index contributed by atoms with van der Waals surface area (Å²) in [7, 11) is 1.26. The summed E-state index contributed by atoms with van der Waals surface area (Å²) in [4.78, 5) is 36.6. The van der Waals surface area contributed by atoms with Crippen LogP contribution in [0.3, 0.4) is 0 Å². The number of hydrogen-bond acceptors (Lipinski definition) is 7. The van der Waals surface area contributed by atoms with Crippen molar-refractivity contribution in [3.63, 3.8) is 0 Å². The van der Waals surface area contributed by atoms with E-state index in [-0.39, 0.29) is 22.8 Å². The summed E-state index contributed by atoms with van der Waals surface area (Å²) in [5.41, 5.74) is 1.56. The van der Waals surface area contributed by atoms with E-state index in [0.29, 0.717) is 0 Å². The number of benzene rings is 2. The number of ether oxygens (including phenoxy) is 1. The Hall–Kier alpha value is -3.33. The van der Waals surface area contributed by atoms with Crippen molar-refractivity contribution in [1.29, 1.82) is 0 Å². The number of aromatic hydroxyl groups is 1. The van der Waals surface area contributed by atoms with E-state index in [1.54, 1.807) is 0 Å². The fourth-order valence-electron chi connectivity index (χ4n) is 2.77. The molecule has 9 heteroatoms. The zero-order valence-corrected chi connectivity index (χ0v) is 15.9. The van der Waals surface area contributed by atoms with Gasteiger partial charge in [0.25, 0.3) is 11.1 Å². The van der Waals surface area contributed by atoms with Crippen LogP contribution in [0.1, 0.15) is 16.7 Å². The van der Waals surface area contributed by atoms with Crippen LogP contribution in [0.5, 0.6) is 11.5 Å². The van der Waals surface area contributed by atoms with Crippen LogP contribution in [0.2, 0.25) is 0 Å². The predicted molar refractivity (Wildman–Crippen MR) is 104 cm³/mol. The molecule has 1 fully saturated rings. The second-order valence-electron chi connectivity index (χ2n) is 6.10. The maximum Gasteiger partial charge on any atom is 0.315 e. The molecule has 2 aromatic carbocycles. The van der Waals surface area contributed by atoms with Gasteiger partial charge in [0, 0.05) is 6.07 Å². The van der Waals surface area contributed by atoms with E-state index < -0.39 is 27.5 Å². The minimum atomic E-state index is -0.751. The van der Waals surface area contributed by atoms with Gasteiger partial charge >= 0.3 is 5.69 Å². The first-order valence-corrected chi connectivity index (χ1v) is 8.98. The molecule has 0 unspecified atom stereocenters. The molecule has 2 amide bonds. The third-order valence-corrected chi connectivity index (χ3v) is 5.00. The molecule has 1 saturated heterocycles. The number of aryl methyl sites for hydroxylation is 1. The standard InChI is InChI=1S/C19H16N2O6S/c1-11-4-3-5-12(6-11)10-20-18(23)16(28-19(20)24)9-13-7-14(21(25)26)17(22)15(8-13)27-2/h3-9,22H,10H2,1-2H3/b16-9-. The third-order valence-electron chi connectivity index (χ3n) is 4.09. The lowest BCUT2D eigenvalue weighted by Gasteiger charge is -2.12. The number of carbonyl (C=O) groups is 2. The van der Waals surface area contributed by atoms with Crippen molar-refractivity contribution < 1.29 is 24.4 Å². The minimum absolute atomic E-state index is 0.0977. The topological polar surface area (TPSA) is 110 Å². The zero-order valence-electron chi connectivity index (χ0n) is 15.0. The summed E-state index contributed by atoms with van der Waals surface area (Å²) in [5, 5.41) is 20.5. The molecule has 2 aromatic rings. The summed E-state index contributed by atoms with van der Waals surface area (Å²) in [6.45, 7) is 2.06. The van der Waals surface area contributed by atoms with Gasteiger partial charge in [0.15, 0.2) is 5.75 Å². The summed E-state index contributed by atoms with van der Waals surface area (Å²) in [6, 6.07) is 9.96. The van der Waals surface area contributed by atoms with E-state index in [9.17, 15) is 24.8 Å². The molecule has 1 N–H and O–H groups in total. The molecular formula is C19H16N2O6S. The molecule has 144 valence electrons. The molecule has 0 bridgehead atoms. The number of nitrogens with zero attached hydrogens (tertiary/aromatic N) is 2. The third kappa shape index (κ3) is 3.84. The number of methoxy groups -OCH3 is 1. The minimum Gasteiger partial charge on any atom is -0.500 e. The summed E-state index contributed by atoms with van der Waals surface area (Å²) in [6.07, 6.45) is 1.37. The van der Waals surface area contributed by atoms with Crippen LogP contribution >= 0.6 is 11.8 Å². The zero-order chi connectivity index (χ0) is 20.4. The number of nitro groups is 1. The van der Waals surface area contributed by atoms with Gasteiger partial charge in [0.2, 0.25) is 5.75 Å². The summed E-state index contributed by atoms with van der Waals surface area (Å²) < 4.78 is 4.95. The molecule has 1 aliphatic heterocycles. The van der Waals surface area contributed by atoms with Gasteiger partial charge in [0.1, 0.15) is 0 Å². The summed E-state index contributed by atoms with van der Waals surface area (Å²) in [5.74, 6) is -1.18. The number of rotatable bonds is 5. The SMILES string of the molecule is COc1cc(/C=C2\SC(=O)N(Cc3cccc(C)c3)C2=O)cc([N+](=O)[O-])c1O. The van der Waals surface area contributed by atoms with Gasteiger partial charge in [0.05, 0.1) is 23.5 Å². The van der Waals surface area contributed by atoms with Gasteiger partial charge in [-0.05, 0) is 42.0 Å². The van der Waals surface area contributed by atoms with Crippen molar-refractivity contribution in [2.45, 2.75) is 13.5 Å². The molecule has 3 rings (SSSR count). The molecule has 1 aliphatic rings. The lowest BCUT2D eigenvalue weighted by atomic mass is 10.1. The molecule has 1 heterocycles. The van der Waals surface area contributed by atoms with Gasteiger partial charge in [-0.15, -0.1) is 0 Å². The Balaban J connectivity index is 1.91. The molecule has 0 saturated carbocycles. The Kier molecular flexibility index (Phi) is 5.36. The lowest BCUT2D eigenvalue weighted by Crippen LogP contribution is -2.27. The molecule has 0 radical (unpaired) electrons. The molecule has 8 nitrogen and oxygen atoms in total. The number of hydrogen-bond donors (Lipinski definition) is 1. The maximum atomic E-state index is 12.7. The van der Waals surface area contributed by atoms with Crippen molar-refractivity contribution in [2.75, 3.05) is 7.11 Å². The Morgan fingerprint density at radius 1 is 1.29 bits per heavy atom. The number of phenols is 1. The van der Waals surface area contributed by atoms with E-state index in [1.807, 2.05) is 31.2 Å². The average Bonchev–Trinajstić information content (AvgIpc) is 2.90. The second-order valence-corrected chi connectivity index (χ2v) is 7.10. The fraction of sp³-hybridized carbons (Fsp3) is 0.158. The highest BCUT2D eigenvalue weighted by Crippen LogP contribution is 2.39. The average molecular weight is 400 g/mol. The van der Waals surface area contributed by atoms with E-state index in [4.69, 9.17) is 4.74 Å². The Morgan fingerprint density at radius 3 is 2.68 bits per heavy atom. The van der Waals surface area contributed by atoms with Gasteiger partial charge < -0.3 is 9.84 Å². The molecule has 0 aliphatic carbocycles. The van der Waals surface area contributed by atoms with E-state index >= 15 is 0 Å². The first-order valence-electron chi connectivity index (χ1n) is 8.16. The highest BCUT2D eigenvalue weighted by molar-refractivity contribution is 8.18. The van der Waals surface area contributed by atoms with Crippen LogP contribution < -0.4 is 4.74 Å². The first-order chi connectivity index (χ1) is 13.3. The molecule has 0 aromatic heterocycles. The smallest absolute Gasteiger partial charge is 0.315 e. The largest absolute Gasteiger partial charge is 0.500 e. The van der Waals surface area contributed by atoms with Gasteiger partial charge in [-0.2, -0.15) is 0 Å². The predicted octanol–water partition coefficient (Wildman–Crippen LogP) is 3.85. The van der Waals surface area contributed by atoms with Crippen LogP contribution in [0.15, 0.2) is 41.3 Å². The fourth-order valence-corrected chi connectivity index (χ4v) is 3.61. The van der Waals surface area contributed by atoms with Crippen molar-refractivity contribution in [3.8, 4) is 11.5 Å². The van der Waals surface area contributed by atoms with Gasteiger partial charge in [-0.1, -0.05) is 29.8 Å². The monoisotopic (exact) mass is 400 g/mol. The van der Waals surface area contributed by atoms with Gasteiger partial charge in [-0.25, -0.2) is 0 Å². The van der Waals surface area contributed by atoms with Crippen molar-refractivity contribution >= 4 is 34.7 Å². The number of imide groups is 1. The first kappa shape index (κ1) is 19.4. The number of nitro benzene ring substituents is 1. The molecular weight excluding hydrogens is 384 g/mol.